The minimum atomic E-state index is -0.715. The lowest BCUT2D eigenvalue weighted by Gasteiger charge is -2.34. The van der Waals surface area contributed by atoms with Crippen LogP contribution in [-0.2, 0) is 4.79 Å². The van der Waals surface area contributed by atoms with E-state index in [4.69, 9.17) is 5.11 Å². The average molecular weight is 243 g/mol. The SMILES string of the molecule is CC(O)CCC(=O)NCC1(O)CCC(C)CC1. The van der Waals surface area contributed by atoms with Gasteiger partial charge in [-0.25, -0.2) is 0 Å². The van der Waals surface area contributed by atoms with Gasteiger partial charge in [0.15, 0.2) is 0 Å². The van der Waals surface area contributed by atoms with Gasteiger partial charge < -0.3 is 15.5 Å². The maximum Gasteiger partial charge on any atom is 0.220 e. The third-order valence-corrected chi connectivity index (χ3v) is 3.61. The van der Waals surface area contributed by atoms with Crippen LogP contribution in [0.15, 0.2) is 0 Å². The van der Waals surface area contributed by atoms with Gasteiger partial charge in [-0.2, -0.15) is 0 Å². The molecule has 0 saturated heterocycles. The van der Waals surface area contributed by atoms with Crippen molar-refractivity contribution in [2.75, 3.05) is 6.54 Å². The van der Waals surface area contributed by atoms with Crippen LogP contribution >= 0.6 is 0 Å². The lowest BCUT2D eigenvalue weighted by molar-refractivity contribution is -0.123. The van der Waals surface area contributed by atoms with E-state index in [1.807, 2.05) is 0 Å². The molecule has 0 radical (unpaired) electrons. The van der Waals surface area contributed by atoms with Crippen LogP contribution < -0.4 is 5.32 Å². The van der Waals surface area contributed by atoms with Gasteiger partial charge in [0.05, 0.1) is 11.7 Å². The van der Waals surface area contributed by atoms with Gasteiger partial charge in [-0.3, -0.25) is 4.79 Å². The second kappa shape index (κ2) is 6.36. The molecule has 1 aliphatic carbocycles. The molecule has 1 saturated carbocycles. The summed E-state index contributed by atoms with van der Waals surface area (Å²) in [6.45, 7) is 4.21. The molecule has 1 atom stereocenters. The van der Waals surface area contributed by atoms with Gasteiger partial charge in [0.2, 0.25) is 5.91 Å². The summed E-state index contributed by atoms with van der Waals surface area (Å²) >= 11 is 0. The van der Waals surface area contributed by atoms with Crippen molar-refractivity contribution in [3.63, 3.8) is 0 Å². The summed E-state index contributed by atoms with van der Waals surface area (Å²) in [5, 5.41) is 22.1. The molecule has 0 aromatic heterocycles. The van der Waals surface area contributed by atoms with Crippen LogP contribution in [-0.4, -0.2) is 34.4 Å². The van der Waals surface area contributed by atoms with Crippen LogP contribution in [0, 0.1) is 5.92 Å². The van der Waals surface area contributed by atoms with E-state index < -0.39 is 11.7 Å². The standard InChI is InChI=1S/C13H25NO3/c1-10-5-7-13(17,8-6-10)9-14-12(16)4-3-11(2)15/h10-11,15,17H,3-9H2,1-2H3,(H,14,16). The highest BCUT2D eigenvalue weighted by Gasteiger charge is 2.31. The molecule has 17 heavy (non-hydrogen) atoms. The second-order valence-electron chi connectivity index (χ2n) is 5.57. The van der Waals surface area contributed by atoms with Crippen molar-refractivity contribution in [3.05, 3.63) is 0 Å². The Morgan fingerprint density at radius 3 is 2.59 bits per heavy atom. The van der Waals surface area contributed by atoms with E-state index in [2.05, 4.69) is 12.2 Å². The first-order valence-electron chi connectivity index (χ1n) is 6.58. The summed E-state index contributed by atoms with van der Waals surface area (Å²) in [6, 6.07) is 0. The zero-order valence-electron chi connectivity index (χ0n) is 10.9. The van der Waals surface area contributed by atoms with Crippen LogP contribution in [0.25, 0.3) is 0 Å². The Morgan fingerprint density at radius 2 is 2.06 bits per heavy atom. The van der Waals surface area contributed by atoms with Gasteiger partial charge in [0.1, 0.15) is 0 Å². The number of rotatable bonds is 5. The van der Waals surface area contributed by atoms with Crippen molar-refractivity contribution < 1.29 is 15.0 Å². The minimum Gasteiger partial charge on any atom is -0.393 e. The first-order chi connectivity index (χ1) is 7.91. The molecule has 1 amide bonds. The zero-order chi connectivity index (χ0) is 12.9. The van der Waals surface area contributed by atoms with Crippen molar-refractivity contribution >= 4 is 5.91 Å². The fourth-order valence-corrected chi connectivity index (χ4v) is 2.17. The van der Waals surface area contributed by atoms with Crippen LogP contribution in [0.4, 0.5) is 0 Å². The summed E-state index contributed by atoms with van der Waals surface area (Å²) in [4.78, 5) is 11.5. The molecular weight excluding hydrogens is 218 g/mol. The Kier molecular flexibility index (Phi) is 5.40. The van der Waals surface area contributed by atoms with E-state index in [1.54, 1.807) is 6.92 Å². The minimum absolute atomic E-state index is 0.0852. The third kappa shape index (κ3) is 5.50. The van der Waals surface area contributed by atoms with Gasteiger partial charge in [-0.1, -0.05) is 6.92 Å². The maximum absolute atomic E-state index is 11.5. The van der Waals surface area contributed by atoms with Crippen molar-refractivity contribution in [2.24, 2.45) is 5.92 Å². The Labute approximate surface area is 103 Å². The molecule has 0 aromatic carbocycles. The fourth-order valence-electron chi connectivity index (χ4n) is 2.17. The third-order valence-electron chi connectivity index (χ3n) is 3.61. The summed E-state index contributed by atoms with van der Waals surface area (Å²) in [6.07, 6.45) is 3.95. The van der Waals surface area contributed by atoms with Gasteiger partial charge in [-0.05, 0) is 44.9 Å². The Bertz CT molecular complexity index is 245. The molecule has 0 heterocycles. The normalized spacial score (nSPS) is 30.9. The predicted octanol–water partition coefficient (Wildman–Crippen LogP) is 1.20. The van der Waals surface area contributed by atoms with Crippen molar-refractivity contribution in [3.8, 4) is 0 Å². The number of hydrogen-bond donors (Lipinski definition) is 3. The number of aliphatic hydroxyl groups excluding tert-OH is 1. The summed E-state index contributed by atoms with van der Waals surface area (Å²) < 4.78 is 0. The van der Waals surface area contributed by atoms with Crippen LogP contribution in [0.1, 0.15) is 52.4 Å². The van der Waals surface area contributed by atoms with E-state index in [0.717, 1.165) is 25.7 Å². The number of carbonyl (C=O) groups is 1. The van der Waals surface area contributed by atoms with E-state index in [1.165, 1.54) is 0 Å². The largest absolute Gasteiger partial charge is 0.393 e. The van der Waals surface area contributed by atoms with Crippen LogP contribution in [0.2, 0.25) is 0 Å². The fraction of sp³-hybridized carbons (Fsp3) is 0.923. The summed E-state index contributed by atoms with van der Waals surface area (Å²) in [5.74, 6) is 0.596. The number of aliphatic hydroxyl groups is 2. The maximum atomic E-state index is 11.5. The van der Waals surface area contributed by atoms with Gasteiger partial charge in [0.25, 0.3) is 0 Å². The number of hydrogen-bond acceptors (Lipinski definition) is 3. The molecule has 4 heteroatoms. The molecule has 0 aromatic rings. The van der Waals surface area contributed by atoms with Gasteiger partial charge in [-0.15, -0.1) is 0 Å². The number of amides is 1. The molecule has 0 spiro atoms. The molecule has 1 unspecified atom stereocenters. The highest BCUT2D eigenvalue weighted by molar-refractivity contribution is 5.75. The molecular formula is C13H25NO3. The Hall–Kier alpha value is -0.610. The molecule has 100 valence electrons. The van der Waals surface area contributed by atoms with Gasteiger partial charge in [0, 0.05) is 13.0 Å². The van der Waals surface area contributed by atoms with E-state index >= 15 is 0 Å². The second-order valence-corrected chi connectivity index (χ2v) is 5.57. The highest BCUT2D eigenvalue weighted by Crippen LogP contribution is 2.31. The quantitative estimate of drug-likeness (QED) is 0.679. The number of nitrogens with one attached hydrogen (secondary N) is 1. The average Bonchev–Trinajstić information content (AvgIpc) is 2.28. The lowest BCUT2D eigenvalue weighted by Crippen LogP contribution is -2.45. The summed E-state index contributed by atoms with van der Waals surface area (Å²) in [5.41, 5.74) is -0.715. The molecule has 1 rings (SSSR count). The van der Waals surface area contributed by atoms with E-state index in [9.17, 15) is 9.90 Å². The number of carbonyl (C=O) groups excluding carboxylic acids is 1. The first kappa shape index (κ1) is 14.5. The molecule has 3 N–H and O–H groups in total. The smallest absolute Gasteiger partial charge is 0.220 e. The molecule has 4 nitrogen and oxygen atoms in total. The van der Waals surface area contributed by atoms with Crippen LogP contribution in [0.3, 0.4) is 0 Å². The molecule has 0 aliphatic heterocycles. The molecule has 1 aliphatic rings. The van der Waals surface area contributed by atoms with Crippen LogP contribution in [0.5, 0.6) is 0 Å². The monoisotopic (exact) mass is 243 g/mol. The van der Waals surface area contributed by atoms with E-state index in [-0.39, 0.29) is 5.91 Å². The lowest BCUT2D eigenvalue weighted by atomic mass is 9.79. The van der Waals surface area contributed by atoms with Crippen molar-refractivity contribution in [2.45, 2.75) is 64.1 Å². The van der Waals surface area contributed by atoms with Crippen molar-refractivity contribution in [1.82, 2.24) is 5.32 Å². The molecule has 0 bridgehead atoms. The van der Waals surface area contributed by atoms with Crippen molar-refractivity contribution in [1.29, 1.82) is 0 Å². The Morgan fingerprint density at radius 1 is 1.47 bits per heavy atom. The highest BCUT2D eigenvalue weighted by atomic mass is 16.3. The zero-order valence-corrected chi connectivity index (χ0v) is 10.9. The molecule has 1 fully saturated rings. The predicted molar refractivity (Wildman–Crippen MR) is 66.5 cm³/mol. The Balaban J connectivity index is 2.23. The van der Waals surface area contributed by atoms with E-state index in [0.29, 0.717) is 25.3 Å². The first-order valence-corrected chi connectivity index (χ1v) is 6.58. The summed E-state index contributed by atoms with van der Waals surface area (Å²) in [7, 11) is 0. The van der Waals surface area contributed by atoms with Gasteiger partial charge >= 0.3 is 0 Å². The topological polar surface area (TPSA) is 69.6 Å².